The molecule has 3 amide bonds. The number of esters is 1. The van der Waals surface area contributed by atoms with Gasteiger partial charge in [-0.3, -0.25) is 0 Å². The van der Waals surface area contributed by atoms with Crippen LogP contribution in [0.15, 0.2) is 30.3 Å². The van der Waals surface area contributed by atoms with Gasteiger partial charge in [-0.15, -0.1) is 5.06 Å². The monoisotopic (exact) mass is 537 g/mol. The van der Waals surface area contributed by atoms with Crippen molar-refractivity contribution in [1.82, 2.24) is 15.3 Å². The maximum absolute atomic E-state index is 12.7. The lowest BCUT2D eigenvalue weighted by Gasteiger charge is -2.28. The van der Waals surface area contributed by atoms with Gasteiger partial charge in [-0.2, -0.15) is 0 Å². The molecule has 0 aromatic heterocycles. The summed E-state index contributed by atoms with van der Waals surface area (Å²) in [7, 11) is 0. The van der Waals surface area contributed by atoms with Crippen molar-refractivity contribution in [1.29, 1.82) is 0 Å². The van der Waals surface area contributed by atoms with Crippen LogP contribution >= 0.6 is 0 Å². The second kappa shape index (κ2) is 17.1. The van der Waals surface area contributed by atoms with Crippen molar-refractivity contribution in [2.45, 2.75) is 85.5 Å². The molecular formula is C27H43N3O8. The van der Waals surface area contributed by atoms with Crippen LogP contribution in [0.3, 0.4) is 0 Å². The Morgan fingerprint density at radius 3 is 2.16 bits per heavy atom. The number of rotatable bonds is 13. The van der Waals surface area contributed by atoms with Gasteiger partial charge < -0.3 is 29.3 Å². The van der Waals surface area contributed by atoms with E-state index in [0.717, 1.165) is 17.0 Å². The molecule has 214 valence electrons. The number of hydrogen-bond acceptors (Lipinski definition) is 8. The zero-order valence-electron chi connectivity index (χ0n) is 23.5. The second-order valence-corrected chi connectivity index (χ2v) is 9.53. The topological polar surface area (TPSA) is 124 Å². The standard InChI is InChI=1S/C27H43N3O8/c1-7-10-19-35-23(31)22(28-24(32)36-20-21-15-12-11-13-16-21)17-14-18-30(26(34)37-27(4,5)6)38-25(33)29(8-2)9-3/h11-13,15-16,22H,7-10,14,17-20H2,1-6H3,(H,28,32)/t22-/m0/s1. The maximum Gasteiger partial charge on any atom is 0.443 e. The third-order valence-corrected chi connectivity index (χ3v) is 5.19. The van der Waals surface area contributed by atoms with Crippen LogP contribution in [0, 0.1) is 0 Å². The van der Waals surface area contributed by atoms with Crippen molar-refractivity contribution >= 4 is 24.2 Å². The summed E-state index contributed by atoms with van der Waals surface area (Å²) in [5.74, 6) is -0.612. The first-order valence-electron chi connectivity index (χ1n) is 13.1. The van der Waals surface area contributed by atoms with Gasteiger partial charge in [-0.25, -0.2) is 19.2 Å². The van der Waals surface area contributed by atoms with Crippen molar-refractivity contribution < 1.29 is 38.2 Å². The Morgan fingerprint density at radius 2 is 1.58 bits per heavy atom. The molecule has 1 N–H and O–H groups in total. The number of alkyl carbamates (subject to hydrolysis) is 1. The predicted octanol–water partition coefficient (Wildman–Crippen LogP) is 5.04. The SMILES string of the molecule is CCCCOC(=O)[C@H](CCCN(OC(=O)N(CC)CC)C(=O)OC(C)(C)C)NC(=O)OCc1ccccc1. The molecule has 0 aliphatic heterocycles. The summed E-state index contributed by atoms with van der Waals surface area (Å²) in [5, 5.41) is 3.38. The molecule has 1 aromatic rings. The molecule has 0 unspecified atom stereocenters. The highest BCUT2D eigenvalue weighted by atomic mass is 16.8. The number of nitrogens with one attached hydrogen (secondary N) is 1. The van der Waals surface area contributed by atoms with Crippen LogP contribution in [0.4, 0.5) is 14.4 Å². The third-order valence-electron chi connectivity index (χ3n) is 5.19. The summed E-state index contributed by atoms with van der Waals surface area (Å²) in [6, 6.07) is 8.12. The Labute approximate surface area is 225 Å². The Morgan fingerprint density at radius 1 is 0.921 bits per heavy atom. The highest BCUT2D eigenvalue weighted by Crippen LogP contribution is 2.13. The Balaban J connectivity index is 2.85. The Hall–Kier alpha value is -3.50. The summed E-state index contributed by atoms with van der Waals surface area (Å²) in [6.07, 6.45) is -0.486. The van der Waals surface area contributed by atoms with Crippen molar-refractivity contribution in [2.75, 3.05) is 26.2 Å². The molecule has 0 heterocycles. The molecule has 0 spiro atoms. The van der Waals surface area contributed by atoms with E-state index in [1.54, 1.807) is 34.6 Å². The molecule has 11 heteroatoms. The van der Waals surface area contributed by atoms with Crippen molar-refractivity contribution in [3.8, 4) is 0 Å². The van der Waals surface area contributed by atoms with Crippen molar-refractivity contribution in [3.63, 3.8) is 0 Å². The lowest BCUT2D eigenvalue weighted by Crippen LogP contribution is -2.44. The highest BCUT2D eigenvalue weighted by Gasteiger charge is 2.28. The van der Waals surface area contributed by atoms with E-state index >= 15 is 0 Å². The summed E-state index contributed by atoms with van der Waals surface area (Å²) in [6.45, 7) is 11.6. The van der Waals surface area contributed by atoms with E-state index in [1.165, 1.54) is 4.90 Å². The van der Waals surface area contributed by atoms with E-state index in [1.807, 2.05) is 37.3 Å². The molecule has 0 radical (unpaired) electrons. The number of ether oxygens (including phenoxy) is 3. The van der Waals surface area contributed by atoms with Gasteiger partial charge in [-0.1, -0.05) is 43.7 Å². The number of hydrogen-bond donors (Lipinski definition) is 1. The molecule has 0 saturated carbocycles. The molecule has 0 saturated heterocycles. The van der Waals surface area contributed by atoms with Gasteiger partial charge in [-0.05, 0) is 59.4 Å². The fourth-order valence-electron chi connectivity index (χ4n) is 3.13. The molecule has 0 fully saturated rings. The minimum atomic E-state index is -1.02. The third kappa shape index (κ3) is 13.2. The number of benzene rings is 1. The number of amides is 3. The zero-order valence-corrected chi connectivity index (χ0v) is 23.5. The number of nitrogens with zero attached hydrogens (tertiary/aromatic N) is 2. The predicted molar refractivity (Wildman–Crippen MR) is 141 cm³/mol. The minimum absolute atomic E-state index is 0.0397. The first-order chi connectivity index (χ1) is 18.0. The molecule has 1 rings (SSSR count). The summed E-state index contributed by atoms with van der Waals surface area (Å²) in [4.78, 5) is 57.0. The average molecular weight is 538 g/mol. The summed E-state index contributed by atoms with van der Waals surface area (Å²) < 4.78 is 15.9. The van der Waals surface area contributed by atoms with E-state index in [-0.39, 0.29) is 32.6 Å². The largest absolute Gasteiger partial charge is 0.464 e. The van der Waals surface area contributed by atoms with Crippen LogP contribution in [0.5, 0.6) is 0 Å². The van der Waals surface area contributed by atoms with E-state index in [9.17, 15) is 19.2 Å². The molecule has 0 aliphatic carbocycles. The minimum Gasteiger partial charge on any atom is -0.464 e. The lowest BCUT2D eigenvalue weighted by molar-refractivity contribution is -0.146. The van der Waals surface area contributed by atoms with Crippen LogP contribution in [0.25, 0.3) is 0 Å². The highest BCUT2D eigenvalue weighted by molar-refractivity contribution is 5.81. The van der Waals surface area contributed by atoms with Gasteiger partial charge in [0.25, 0.3) is 0 Å². The number of carbonyl (C=O) groups is 4. The number of unbranched alkanes of at least 4 members (excludes halogenated alkanes) is 1. The van der Waals surface area contributed by atoms with Crippen LogP contribution in [-0.2, 0) is 30.4 Å². The van der Waals surface area contributed by atoms with Crippen LogP contribution < -0.4 is 5.32 Å². The van der Waals surface area contributed by atoms with Gasteiger partial charge >= 0.3 is 24.2 Å². The molecule has 11 nitrogen and oxygen atoms in total. The molecule has 0 bridgehead atoms. The first-order valence-corrected chi connectivity index (χ1v) is 13.1. The van der Waals surface area contributed by atoms with Gasteiger partial charge in [0.1, 0.15) is 18.2 Å². The van der Waals surface area contributed by atoms with Crippen LogP contribution in [0.1, 0.15) is 72.8 Å². The van der Waals surface area contributed by atoms with E-state index < -0.39 is 35.9 Å². The van der Waals surface area contributed by atoms with E-state index in [2.05, 4.69) is 5.32 Å². The Kier molecular flexibility index (Phi) is 14.6. The average Bonchev–Trinajstić information content (AvgIpc) is 2.86. The smallest absolute Gasteiger partial charge is 0.443 e. The van der Waals surface area contributed by atoms with Gasteiger partial charge in [0.15, 0.2) is 0 Å². The Bertz CT molecular complexity index is 869. The number of carbonyl (C=O) groups excluding carboxylic acids is 4. The van der Waals surface area contributed by atoms with Crippen molar-refractivity contribution in [2.24, 2.45) is 0 Å². The molecule has 1 atom stereocenters. The lowest BCUT2D eigenvalue weighted by atomic mass is 10.1. The fraction of sp³-hybridized carbons (Fsp3) is 0.630. The molecule has 38 heavy (non-hydrogen) atoms. The van der Waals surface area contributed by atoms with E-state index in [4.69, 9.17) is 19.0 Å². The van der Waals surface area contributed by atoms with Crippen LogP contribution in [0.2, 0.25) is 0 Å². The number of hydroxylamine groups is 2. The van der Waals surface area contributed by atoms with Gasteiger partial charge in [0.2, 0.25) is 0 Å². The summed E-state index contributed by atoms with van der Waals surface area (Å²) >= 11 is 0. The van der Waals surface area contributed by atoms with Gasteiger partial charge in [0, 0.05) is 13.1 Å². The molecule has 0 aliphatic rings. The molecule has 1 aromatic carbocycles. The maximum atomic E-state index is 12.7. The normalized spacial score (nSPS) is 11.6. The van der Waals surface area contributed by atoms with Crippen LogP contribution in [-0.4, -0.2) is 72.1 Å². The first kappa shape index (κ1) is 32.5. The quantitative estimate of drug-likeness (QED) is 0.161. The van der Waals surface area contributed by atoms with Gasteiger partial charge in [0.05, 0.1) is 13.2 Å². The molecular weight excluding hydrogens is 494 g/mol. The second-order valence-electron chi connectivity index (χ2n) is 9.53. The summed E-state index contributed by atoms with van der Waals surface area (Å²) in [5.41, 5.74) is -0.0140. The zero-order chi connectivity index (χ0) is 28.6. The van der Waals surface area contributed by atoms with Crippen molar-refractivity contribution in [3.05, 3.63) is 35.9 Å². The fourth-order valence-corrected chi connectivity index (χ4v) is 3.13. The van der Waals surface area contributed by atoms with E-state index in [0.29, 0.717) is 19.5 Å².